The van der Waals surface area contributed by atoms with Gasteiger partial charge in [0, 0.05) is 24.2 Å². The van der Waals surface area contributed by atoms with E-state index >= 15 is 0 Å². The monoisotopic (exact) mass is 337 g/mol. The van der Waals surface area contributed by atoms with Crippen LogP contribution in [0.15, 0.2) is 65.7 Å². The van der Waals surface area contributed by atoms with Crippen molar-refractivity contribution in [1.29, 1.82) is 0 Å². The van der Waals surface area contributed by atoms with Gasteiger partial charge in [-0.15, -0.1) is 0 Å². The molecular formula is C20H23N3O2. The molecule has 0 unspecified atom stereocenters. The number of pyridine rings is 1. The molecule has 130 valence electrons. The van der Waals surface area contributed by atoms with Gasteiger partial charge in [-0.25, -0.2) is 9.97 Å². The molecule has 0 N–H and O–H groups in total. The molecular weight excluding hydrogens is 314 g/mol. The Bertz CT molecular complexity index is 831. The quantitative estimate of drug-likeness (QED) is 0.714. The molecule has 2 aromatic heterocycles. The largest absolute Gasteiger partial charge is 0.485 e. The second-order valence-corrected chi connectivity index (χ2v) is 5.20. The Morgan fingerprint density at radius 2 is 1.68 bits per heavy atom. The highest BCUT2D eigenvalue weighted by molar-refractivity contribution is 5.25. The van der Waals surface area contributed by atoms with E-state index in [1.54, 1.807) is 23.0 Å². The van der Waals surface area contributed by atoms with Gasteiger partial charge in [-0.1, -0.05) is 44.2 Å². The Labute approximate surface area is 148 Å². The number of rotatable bonds is 5. The molecule has 0 spiro atoms. The van der Waals surface area contributed by atoms with E-state index in [2.05, 4.69) is 9.97 Å². The third kappa shape index (κ3) is 5.28. The molecule has 2 heterocycles. The van der Waals surface area contributed by atoms with Gasteiger partial charge >= 0.3 is 0 Å². The molecule has 0 bridgehead atoms. The molecule has 0 saturated heterocycles. The topological polar surface area (TPSA) is 57.0 Å². The summed E-state index contributed by atoms with van der Waals surface area (Å²) in [4.78, 5) is 20.5. The highest BCUT2D eigenvalue weighted by atomic mass is 16.5. The Morgan fingerprint density at radius 3 is 2.32 bits per heavy atom. The average molecular weight is 337 g/mol. The molecule has 0 atom stereocenters. The van der Waals surface area contributed by atoms with Gasteiger partial charge in [0.2, 0.25) is 0 Å². The minimum absolute atomic E-state index is 0.0853. The van der Waals surface area contributed by atoms with E-state index in [0.29, 0.717) is 18.1 Å². The number of ether oxygens (including phenoxy) is 1. The zero-order chi connectivity index (χ0) is 18.1. The number of benzene rings is 1. The van der Waals surface area contributed by atoms with E-state index in [0.717, 1.165) is 11.3 Å². The summed E-state index contributed by atoms with van der Waals surface area (Å²) in [6.45, 7) is 6.69. The molecule has 25 heavy (non-hydrogen) atoms. The molecule has 5 heteroatoms. The Balaban J connectivity index is 0.00000109. The normalized spacial score (nSPS) is 9.88. The van der Waals surface area contributed by atoms with Crippen LogP contribution in [-0.4, -0.2) is 14.5 Å². The van der Waals surface area contributed by atoms with Crippen LogP contribution in [0, 0.1) is 6.92 Å². The van der Waals surface area contributed by atoms with E-state index in [1.165, 1.54) is 6.07 Å². The van der Waals surface area contributed by atoms with Crippen molar-refractivity contribution in [3.8, 4) is 5.75 Å². The molecule has 1 aromatic carbocycles. The molecule has 0 saturated carbocycles. The third-order valence-corrected chi connectivity index (χ3v) is 3.48. The Hall–Kier alpha value is -2.95. The summed E-state index contributed by atoms with van der Waals surface area (Å²) in [5.74, 6) is 1.11. The molecule has 0 amide bonds. The van der Waals surface area contributed by atoms with Crippen molar-refractivity contribution in [3.05, 3.63) is 88.4 Å². The van der Waals surface area contributed by atoms with Gasteiger partial charge in [0.25, 0.3) is 5.56 Å². The first-order chi connectivity index (χ1) is 12.2. The van der Waals surface area contributed by atoms with Crippen molar-refractivity contribution in [3.63, 3.8) is 0 Å². The second kappa shape index (κ2) is 9.37. The number of hydrogen-bond donors (Lipinski definition) is 0. The van der Waals surface area contributed by atoms with Crippen molar-refractivity contribution in [2.75, 3.05) is 0 Å². The van der Waals surface area contributed by atoms with Crippen molar-refractivity contribution >= 4 is 0 Å². The first-order valence-electron chi connectivity index (χ1n) is 8.36. The van der Waals surface area contributed by atoms with E-state index in [-0.39, 0.29) is 12.2 Å². The summed E-state index contributed by atoms with van der Waals surface area (Å²) in [5.41, 5.74) is 1.85. The molecule has 3 aromatic rings. The fraction of sp³-hybridized carbons (Fsp3) is 0.250. The summed E-state index contributed by atoms with van der Waals surface area (Å²) in [7, 11) is 0. The predicted molar refractivity (Wildman–Crippen MR) is 98.7 cm³/mol. The maximum absolute atomic E-state index is 12.3. The van der Waals surface area contributed by atoms with Crippen LogP contribution in [0.5, 0.6) is 5.75 Å². The molecule has 0 aliphatic carbocycles. The number of aryl methyl sites for hydroxylation is 1. The zero-order valence-corrected chi connectivity index (χ0v) is 14.8. The maximum Gasteiger partial charge on any atom is 0.254 e. The van der Waals surface area contributed by atoms with Crippen LogP contribution >= 0.6 is 0 Å². The highest BCUT2D eigenvalue weighted by Gasteiger charge is 2.06. The SMILES string of the molecule is CC.Cc1cc(OCc2ncccn2)cc(=O)n1Cc1ccccc1. The fourth-order valence-corrected chi connectivity index (χ4v) is 2.30. The van der Waals surface area contributed by atoms with Gasteiger partial charge < -0.3 is 9.30 Å². The molecule has 0 fully saturated rings. The molecule has 3 rings (SSSR count). The van der Waals surface area contributed by atoms with Crippen LogP contribution in [0.25, 0.3) is 0 Å². The number of aromatic nitrogens is 3. The van der Waals surface area contributed by atoms with Crippen LogP contribution in [0.1, 0.15) is 30.9 Å². The third-order valence-electron chi connectivity index (χ3n) is 3.48. The average Bonchev–Trinajstić information content (AvgIpc) is 2.66. The predicted octanol–water partition coefficient (Wildman–Crippen LogP) is 3.60. The van der Waals surface area contributed by atoms with E-state index in [1.807, 2.05) is 57.2 Å². The van der Waals surface area contributed by atoms with Crippen LogP contribution in [-0.2, 0) is 13.2 Å². The minimum Gasteiger partial charge on any atom is -0.485 e. The van der Waals surface area contributed by atoms with Crippen molar-refractivity contribution < 1.29 is 4.74 Å². The molecule has 0 radical (unpaired) electrons. The summed E-state index contributed by atoms with van der Waals surface area (Å²) < 4.78 is 7.34. The van der Waals surface area contributed by atoms with Crippen molar-refractivity contribution in [2.24, 2.45) is 0 Å². The summed E-state index contributed by atoms with van der Waals surface area (Å²) in [6.07, 6.45) is 3.32. The Morgan fingerprint density at radius 1 is 1.00 bits per heavy atom. The van der Waals surface area contributed by atoms with Crippen molar-refractivity contribution in [2.45, 2.75) is 33.9 Å². The highest BCUT2D eigenvalue weighted by Crippen LogP contribution is 2.12. The van der Waals surface area contributed by atoms with Crippen LogP contribution < -0.4 is 10.3 Å². The molecule has 0 aliphatic rings. The number of nitrogens with zero attached hydrogens (tertiary/aromatic N) is 3. The van der Waals surface area contributed by atoms with Crippen LogP contribution in [0.3, 0.4) is 0 Å². The second-order valence-electron chi connectivity index (χ2n) is 5.20. The van der Waals surface area contributed by atoms with Gasteiger partial charge in [0.05, 0.1) is 6.54 Å². The molecule has 5 nitrogen and oxygen atoms in total. The lowest BCUT2D eigenvalue weighted by atomic mass is 10.2. The number of hydrogen-bond acceptors (Lipinski definition) is 4. The van der Waals surface area contributed by atoms with Crippen LogP contribution in [0.4, 0.5) is 0 Å². The zero-order valence-electron chi connectivity index (χ0n) is 14.8. The summed E-state index contributed by atoms with van der Waals surface area (Å²) >= 11 is 0. The van der Waals surface area contributed by atoms with E-state index in [4.69, 9.17) is 4.74 Å². The summed E-state index contributed by atoms with van der Waals surface area (Å²) in [6, 6.07) is 15.0. The lowest BCUT2D eigenvalue weighted by Gasteiger charge is -2.12. The van der Waals surface area contributed by atoms with Crippen molar-refractivity contribution in [1.82, 2.24) is 14.5 Å². The maximum atomic E-state index is 12.3. The van der Waals surface area contributed by atoms with Gasteiger partial charge in [-0.3, -0.25) is 4.79 Å². The van der Waals surface area contributed by atoms with Gasteiger partial charge in [-0.05, 0) is 24.6 Å². The standard InChI is InChI=1S/C18H17N3O2.C2H6/c1-14-10-16(23-13-17-19-8-5-9-20-17)11-18(22)21(14)12-15-6-3-2-4-7-15;1-2/h2-11H,12-13H2,1H3;1-2H3. The fourth-order valence-electron chi connectivity index (χ4n) is 2.30. The van der Waals surface area contributed by atoms with E-state index in [9.17, 15) is 4.79 Å². The van der Waals surface area contributed by atoms with Gasteiger partial charge in [0.1, 0.15) is 12.4 Å². The smallest absolute Gasteiger partial charge is 0.254 e. The minimum atomic E-state index is -0.0853. The summed E-state index contributed by atoms with van der Waals surface area (Å²) in [5, 5.41) is 0. The van der Waals surface area contributed by atoms with Gasteiger partial charge in [0.15, 0.2) is 5.82 Å². The first kappa shape index (κ1) is 18.4. The van der Waals surface area contributed by atoms with E-state index < -0.39 is 0 Å². The van der Waals surface area contributed by atoms with Crippen LogP contribution in [0.2, 0.25) is 0 Å². The lowest BCUT2D eigenvalue weighted by molar-refractivity contribution is 0.294. The van der Waals surface area contributed by atoms with Gasteiger partial charge in [-0.2, -0.15) is 0 Å². The molecule has 0 aliphatic heterocycles. The lowest BCUT2D eigenvalue weighted by Crippen LogP contribution is -2.22. The first-order valence-corrected chi connectivity index (χ1v) is 8.36. The Kier molecular flexibility index (Phi) is 6.89.